The van der Waals surface area contributed by atoms with Crippen molar-refractivity contribution in [1.82, 2.24) is 4.90 Å². The number of rotatable bonds is 3. The zero-order valence-corrected chi connectivity index (χ0v) is 11.9. The van der Waals surface area contributed by atoms with Crippen LogP contribution in [-0.4, -0.2) is 24.5 Å². The Morgan fingerprint density at radius 1 is 1.28 bits per heavy atom. The molecule has 0 spiro atoms. The van der Waals surface area contributed by atoms with Crippen LogP contribution in [0, 0.1) is 19.8 Å². The first-order valence-corrected chi connectivity index (χ1v) is 7.12. The molecule has 1 saturated heterocycles. The second-order valence-corrected chi connectivity index (χ2v) is 5.91. The molecule has 2 unspecified atom stereocenters. The molecule has 1 aliphatic heterocycles. The minimum Gasteiger partial charge on any atom is -0.329 e. The maximum atomic E-state index is 6.04. The van der Waals surface area contributed by atoms with Gasteiger partial charge in [0.25, 0.3) is 0 Å². The van der Waals surface area contributed by atoms with Gasteiger partial charge in [0.1, 0.15) is 0 Å². The van der Waals surface area contributed by atoms with Crippen LogP contribution in [0.25, 0.3) is 0 Å². The minimum absolute atomic E-state index is 0.395. The van der Waals surface area contributed by atoms with E-state index in [0.717, 1.165) is 12.5 Å². The summed E-state index contributed by atoms with van der Waals surface area (Å²) in [5, 5.41) is 0. The van der Waals surface area contributed by atoms with E-state index in [0.29, 0.717) is 6.04 Å². The Kier molecular flexibility index (Phi) is 4.41. The Labute approximate surface area is 111 Å². The largest absolute Gasteiger partial charge is 0.329 e. The summed E-state index contributed by atoms with van der Waals surface area (Å²) < 4.78 is 0. The monoisotopic (exact) mass is 246 g/mol. The highest BCUT2D eigenvalue weighted by Crippen LogP contribution is 2.27. The fraction of sp³-hybridized carbons (Fsp3) is 0.625. The van der Waals surface area contributed by atoms with Crippen LogP contribution in [0.1, 0.15) is 42.5 Å². The molecule has 2 nitrogen and oxygen atoms in total. The lowest BCUT2D eigenvalue weighted by molar-refractivity contribution is 0.133. The highest BCUT2D eigenvalue weighted by Gasteiger charge is 2.24. The molecule has 0 aliphatic carbocycles. The van der Waals surface area contributed by atoms with Gasteiger partial charge in [-0.05, 0) is 44.7 Å². The Morgan fingerprint density at radius 2 is 1.94 bits per heavy atom. The van der Waals surface area contributed by atoms with Crippen LogP contribution in [0.5, 0.6) is 0 Å². The van der Waals surface area contributed by atoms with E-state index >= 15 is 0 Å². The van der Waals surface area contributed by atoms with Crippen LogP contribution in [0.2, 0.25) is 0 Å². The summed E-state index contributed by atoms with van der Waals surface area (Å²) in [6.45, 7) is 9.79. The lowest BCUT2D eigenvalue weighted by Crippen LogP contribution is -2.40. The second kappa shape index (κ2) is 5.85. The Hall–Kier alpha value is -0.860. The van der Waals surface area contributed by atoms with Gasteiger partial charge in [-0.1, -0.05) is 36.2 Å². The van der Waals surface area contributed by atoms with Gasteiger partial charge in [0.15, 0.2) is 0 Å². The van der Waals surface area contributed by atoms with Crippen molar-refractivity contribution in [2.45, 2.75) is 39.7 Å². The van der Waals surface area contributed by atoms with E-state index in [1.165, 1.54) is 42.6 Å². The van der Waals surface area contributed by atoms with E-state index in [-0.39, 0.29) is 0 Å². The minimum atomic E-state index is 0.395. The molecule has 1 aromatic rings. The van der Waals surface area contributed by atoms with Crippen molar-refractivity contribution in [2.75, 3.05) is 19.6 Å². The van der Waals surface area contributed by atoms with Crippen molar-refractivity contribution in [2.24, 2.45) is 11.7 Å². The van der Waals surface area contributed by atoms with E-state index in [1.54, 1.807) is 0 Å². The first-order valence-electron chi connectivity index (χ1n) is 7.12. The molecule has 2 rings (SSSR count). The van der Waals surface area contributed by atoms with Crippen molar-refractivity contribution in [3.8, 4) is 0 Å². The summed E-state index contributed by atoms with van der Waals surface area (Å²) in [4.78, 5) is 2.57. The number of hydrogen-bond donors (Lipinski definition) is 1. The predicted molar refractivity (Wildman–Crippen MR) is 77.7 cm³/mol. The molecule has 1 fully saturated rings. The lowest BCUT2D eigenvalue weighted by atomic mass is 9.95. The summed E-state index contributed by atoms with van der Waals surface area (Å²) in [6, 6.07) is 7.22. The maximum Gasteiger partial charge on any atom is 0.0470 e. The second-order valence-electron chi connectivity index (χ2n) is 5.91. The number of nitrogens with two attached hydrogens (primary N) is 1. The molecule has 2 heteroatoms. The average molecular weight is 246 g/mol. The molecule has 0 aromatic heterocycles. The fourth-order valence-electron chi connectivity index (χ4n) is 3.21. The molecule has 0 radical (unpaired) electrons. The zero-order chi connectivity index (χ0) is 13.1. The SMILES string of the molecule is Cc1cc(C)cc(C(CN)N2CCCC(C)C2)c1. The molecule has 2 N–H and O–H groups in total. The van der Waals surface area contributed by atoms with Crippen LogP contribution < -0.4 is 5.73 Å². The van der Waals surface area contributed by atoms with Crippen molar-refractivity contribution in [3.63, 3.8) is 0 Å². The molecule has 100 valence electrons. The smallest absolute Gasteiger partial charge is 0.0470 e. The maximum absolute atomic E-state index is 6.04. The number of likely N-dealkylation sites (tertiary alicyclic amines) is 1. The fourth-order valence-corrected chi connectivity index (χ4v) is 3.21. The van der Waals surface area contributed by atoms with E-state index in [2.05, 4.69) is 43.9 Å². The summed E-state index contributed by atoms with van der Waals surface area (Å²) in [5.74, 6) is 0.804. The number of benzene rings is 1. The van der Waals surface area contributed by atoms with E-state index < -0.39 is 0 Å². The van der Waals surface area contributed by atoms with E-state index in [1.807, 2.05) is 0 Å². The normalized spacial score (nSPS) is 23.0. The number of nitrogens with zero attached hydrogens (tertiary/aromatic N) is 1. The molecular formula is C16H26N2. The Balaban J connectivity index is 2.21. The van der Waals surface area contributed by atoms with Crippen molar-refractivity contribution in [3.05, 3.63) is 34.9 Å². The molecule has 1 aliphatic rings. The zero-order valence-electron chi connectivity index (χ0n) is 11.9. The van der Waals surface area contributed by atoms with Gasteiger partial charge < -0.3 is 5.73 Å². The van der Waals surface area contributed by atoms with Crippen LogP contribution in [0.3, 0.4) is 0 Å². The van der Waals surface area contributed by atoms with Crippen molar-refractivity contribution in [1.29, 1.82) is 0 Å². The van der Waals surface area contributed by atoms with Crippen LogP contribution in [0.4, 0.5) is 0 Å². The van der Waals surface area contributed by atoms with Crippen molar-refractivity contribution >= 4 is 0 Å². The molecular weight excluding hydrogens is 220 g/mol. The third-order valence-corrected chi connectivity index (χ3v) is 3.98. The topological polar surface area (TPSA) is 29.3 Å². The predicted octanol–water partition coefficient (Wildman–Crippen LogP) is 3.04. The van der Waals surface area contributed by atoms with Gasteiger partial charge in [-0.3, -0.25) is 4.90 Å². The Bertz CT molecular complexity index is 380. The molecule has 1 aromatic carbocycles. The first-order chi connectivity index (χ1) is 8.60. The van der Waals surface area contributed by atoms with Gasteiger partial charge in [-0.2, -0.15) is 0 Å². The molecule has 1 heterocycles. The first kappa shape index (κ1) is 13.6. The Morgan fingerprint density at radius 3 is 2.50 bits per heavy atom. The van der Waals surface area contributed by atoms with E-state index in [9.17, 15) is 0 Å². The van der Waals surface area contributed by atoms with Crippen molar-refractivity contribution < 1.29 is 0 Å². The van der Waals surface area contributed by atoms with Crippen LogP contribution in [-0.2, 0) is 0 Å². The standard InChI is InChI=1S/C16H26N2/c1-12-5-4-6-18(11-12)16(10-17)15-8-13(2)7-14(3)9-15/h7-9,12,16H,4-6,10-11,17H2,1-3H3. The van der Waals surface area contributed by atoms with Gasteiger partial charge in [0.05, 0.1) is 0 Å². The molecule has 0 amide bonds. The summed E-state index contributed by atoms with van der Waals surface area (Å²) >= 11 is 0. The highest BCUT2D eigenvalue weighted by molar-refractivity contribution is 5.31. The van der Waals surface area contributed by atoms with Gasteiger partial charge in [-0.25, -0.2) is 0 Å². The molecule has 18 heavy (non-hydrogen) atoms. The van der Waals surface area contributed by atoms with Gasteiger partial charge >= 0.3 is 0 Å². The van der Waals surface area contributed by atoms with Crippen LogP contribution >= 0.6 is 0 Å². The molecule has 0 bridgehead atoms. The van der Waals surface area contributed by atoms with Gasteiger partial charge in [0.2, 0.25) is 0 Å². The van der Waals surface area contributed by atoms with Gasteiger partial charge in [0, 0.05) is 19.1 Å². The number of aryl methyl sites for hydroxylation is 2. The van der Waals surface area contributed by atoms with Crippen LogP contribution in [0.15, 0.2) is 18.2 Å². The highest BCUT2D eigenvalue weighted by atomic mass is 15.2. The average Bonchev–Trinajstić information content (AvgIpc) is 2.28. The summed E-state index contributed by atoms with van der Waals surface area (Å²) in [6.07, 6.45) is 2.67. The third-order valence-electron chi connectivity index (χ3n) is 3.98. The number of hydrogen-bond acceptors (Lipinski definition) is 2. The summed E-state index contributed by atoms with van der Waals surface area (Å²) in [5.41, 5.74) is 10.1. The lowest BCUT2D eigenvalue weighted by Gasteiger charge is -2.37. The van der Waals surface area contributed by atoms with E-state index in [4.69, 9.17) is 5.73 Å². The van der Waals surface area contributed by atoms with Gasteiger partial charge in [-0.15, -0.1) is 0 Å². The number of piperidine rings is 1. The third kappa shape index (κ3) is 3.12. The molecule has 0 saturated carbocycles. The molecule has 2 atom stereocenters. The summed E-state index contributed by atoms with van der Waals surface area (Å²) in [7, 11) is 0. The quantitative estimate of drug-likeness (QED) is 0.888.